The van der Waals surface area contributed by atoms with Crippen molar-refractivity contribution in [3.8, 4) is 0 Å². The molecule has 2 fully saturated rings. The lowest BCUT2D eigenvalue weighted by atomic mass is 9.91. The molecule has 134 valence electrons. The van der Waals surface area contributed by atoms with Gasteiger partial charge >= 0.3 is 6.09 Å². The van der Waals surface area contributed by atoms with Crippen molar-refractivity contribution in [3.63, 3.8) is 0 Å². The number of carbonyl (C=O) groups excluding carboxylic acids is 2. The number of hydrogen-bond acceptors (Lipinski definition) is 3. The molecular formula is C19H23FN2O3. The number of amides is 2. The Morgan fingerprint density at radius 1 is 1.32 bits per heavy atom. The average molecular weight is 346 g/mol. The van der Waals surface area contributed by atoms with Gasteiger partial charge in [-0.3, -0.25) is 10.1 Å². The van der Waals surface area contributed by atoms with Crippen LogP contribution in [0.3, 0.4) is 0 Å². The van der Waals surface area contributed by atoms with E-state index in [2.05, 4.69) is 5.32 Å². The molecule has 0 saturated heterocycles. The summed E-state index contributed by atoms with van der Waals surface area (Å²) in [6.07, 6.45) is 3.94. The molecular weight excluding hydrogens is 323 g/mol. The van der Waals surface area contributed by atoms with Gasteiger partial charge in [-0.05, 0) is 64.5 Å². The van der Waals surface area contributed by atoms with Gasteiger partial charge in [0.1, 0.15) is 11.4 Å². The molecule has 3 aliphatic rings. The van der Waals surface area contributed by atoms with E-state index in [1.165, 1.54) is 6.07 Å². The van der Waals surface area contributed by atoms with Gasteiger partial charge in [-0.1, -0.05) is 0 Å². The Labute approximate surface area is 146 Å². The summed E-state index contributed by atoms with van der Waals surface area (Å²) in [5, 5.41) is 2.48. The number of hydrogen-bond donors (Lipinski definition) is 1. The summed E-state index contributed by atoms with van der Waals surface area (Å²) >= 11 is 0. The SMILES string of the molecule is CC(C)(C)OC(=O)Nc1cc2c(cc1F)N(C1CCC1)C(=O)C21CC1. The highest BCUT2D eigenvalue weighted by Crippen LogP contribution is 2.59. The number of halogens is 1. The fraction of sp³-hybridized carbons (Fsp3) is 0.579. The lowest BCUT2D eigenvalue weighted by Crippen LogP contribution is -2.44. The number of nitrogens with zero attached hydrogens (tertiary/aromatic N) is 1. The fourth-order valence-corrected chi connectivity index (χ4v) is 3.73. The van der Waals surface area contributed by atoms with Crippen molar-refractivity contribution in [2.75, 3.05) is 10.2 Å². The first-order valence-corrected chi connectivity index (χ1v) is 8.89. The molecule has 1 heterocycles. The van der Waals surface area contributed by atoms with E-state index in [0.717, 1.165) is 37.7 Å². The van der Waals surface area contributed by atoms with E-state index in [9.17, 15) is 14.0 Å². The maximum atomic E-state index is 14.6. The molecule has 0 atom stereocenters. The maximum absolute atomic E-state index is 14.6. The number of rotatable bonds is 2. The lowest BCUT2D eigenvalue weighted by Gasteiger charge is -2.35. The molecule has 6 heteroatoms. The Hall–Kier alpha value is -2.11. The van der Waals surface area contributed by atoms with Crippen molar-refractivity contribution in [1.82, 2.24) is 0 Å². The second-order valence-electron chi connectivity index (χ2n) is 8.32. The van der Waals surface area contributed by atoms with E-state index >= 15 is 0 Å². The summed E-state index contributed by atoms with van der Waals surface area (Å²) in [7, 11) is 0. The second kappa shape index (κ2) is 5.19. The number of benzene rings is 1. The summed E-state index contributed by atoms with van der Waals surface area (Å²) < 4.78 is 19.8. The molecule has 1 spiro atoms. The van der Waals surface area contributed by atoms with E-state index in [1.54, 1.807) is 31.7 Å². The minimum absolute atomic E-state index is 0.0718. The molecule has 0 unspecified atom stereocenters. The molecule has 4 rings (SSSR count). The van der Waals surface area contributed by atoms with Crippen LogP contribution in [-0.2, 0) is 14.9 Å². The van der Waals surface area contributed by atoms with Crippen molar-refractivity contribution in [1.29, 1.82) is 0 Å². The number of ether oxygens (including phenoxy) is 1. The molecule has 2 amide bonds. The van der Waals surface area contributed by atoms with E-state index in [4.69, 9.17) is 4.74 Å². The third-order valence-electron chi connectivity index (χ3n) is 5.31. The molecule has 5 nitrogen and oxygen atoms in total. The zero-order valence-electron chi connectivity index (χ0n) is 14.8. The minimum atomic E-state index is -0.698. The van der Waals surface area contributed by atoms with Crippen LogP contribution in [0.1, 0.15) is 58.4 Å². The fourth-order valence-electron chi connectivity index (χ4n) is 3.73. The summed E-state index contributed by atoms with van der Waals surface area (Å²) in [5.74, 6) is -0.444. The van der Waals surface area contributed by atoms with Gasteiger partial charge in [0.2, 0.25) is 5.91 Å². The smallest absolute Gasteiger partial charge is 0.412 e. The highest BCUT2D eigenvalue weighted by Gasteiger charge is 2.60. The molecule has 25 heavy (non-hydrogen) atoms. The number of carbonyl (C=O) groups is 2. The summed E-state index contributed by atoms with van der Waals surface area (Å²) in [5.41, 5.74) is 0.438. The van der Waals surface area contributed by atoms with Gasteiger partial charge in [-0.25, -0.2) is 9.18 Å². The van der Waals surface area contributed by atoms with Gasteiger partial charge in [0.25, 0.3) is 0 Å². The molecule has 0 bridgehead atoms. The van der Waals surface area contributed by atoms with Crippen LogP contribution < -0.4 is 10.2 Å². The summed E-state index contributed by atoms with van der Waals surface area (Å²) in [6.45, 7) is 5.25. The Morgan fingerprint density at radius 2 is 2.00 bits per heavy atom. The summed E-state index contributed by atoms with van der Waals surface area (Å²) in [6, 6.07) is 3.21. The standard InChI is InChI=1S/C19H23FN2O3/c1-18(2,3)25-17(24)21-14-9-12-15(10-13(14)20)22(11-5-4-6-11)16(23)19(12)7-8-19/h9-11H,4-8H2,1-3H3,(H,21,24). The van der Waals surface area contributed by atoms with Gasteiger partial charge in [0, 0.05) is 12.1 Å². The van der Waals surface area contributed by atoms with Crippen LogP contribution >= 0.6 is 0 Å². The van der Waals surface area contributed by atoms with Crippen LogP contribution in [0.15, 0.2) is 12.1 Å². The molecule has 1 aliphatic heterocycles. The Morgan fingerprint density at radius 3 is 2.52 bits per heavy atom. The van der Waals surface area contributed by atoms with E-state index in [0.29, 0.717) is 5.69 Å². The van der Waals surface area contributed by atoms with Gasteiger partial charge in [-0.2, -0.15) is 0 Å². The largest absolute Gasteiger partial charge is 0.444 e. The predicted octanol–water partition coefficient (Wildman–Crippen LogP) is 4.10. The number of anilines is 2. The molecule has 2 saturated carbocycles. The van der Waals surface area contributed by atoms with Gasteiger partial charge in [-0.15, -0.1) is 0 Å². The third kappa shape index (κ3) is 2.58. The topological polar surface area (TPSA) is 58.6 Å². The molecule has 0 radical (unpaired) electrons. The zero-order chi connectivity index (χ0) is 18.0. The maximum Gasteiger partial charge on any atom is 0.412 e. The monoisotopic (exact) mass is 346 g/mol. The van der Waals surface area contributed by atoms with Crippen molar-refractivity contribution < 1.29 is 18.7 Å². The van der Waals surface area contributed by atoms with Crippen molar-refractivity contribution in [3.05, 3.63) is 23.5 Å². The zero-order valence-corrected chi connectivity index (χ0v) is 14.8. The van der Waals surface area contributed by atoms with Gasteiger partial charge in [0.05, 0.1) is 16.8 Å². The van der Waals surface area contributed by atoms with E-state index < -0.39 is 22.9 Å². The van der Waals surface area contributed by atoms with Gasteiger partial charge < -0.3 is 9.64 Å². The third-order valence-corrected chi connectivity index (χ3v) is 5.31. The van der Waals surface area contributed by atoms with Crippen molar-refractivity contribution in [2.24, 2.45) is 0 Å². The molecule has 1 N–H and O–H groups in total. The highest BCUT2D eigenvalue weighted by atomic mass is 19.1. The Balaban J connectivity index is 1.66. The van der Waals surface area contributed by atoms with Crippen LogP contribution in [-0.4, -0.2) is 23.6 Å². The van der Waals surface area contributed by atoms with E-state index in [-0.39, 0.29) is 17.6 Å². The molecule has 0 aromatic heterocycles. The predicted molar refractivity (Wildman–Crippen MR) is 92.3 cm³/mol. The molecule has 1 aromatic rings. The number of fused-ring (bicyclic) bond motifs is 2. The minimum Gasteiger partial charge on any atom is -0.444 e. The average Bonchev–Trinajstić information content (AvgIpc) is 3.19. The van der Waals surface area contributed by atoms with E-state index in [1.807, 2.05) is 0 Å². The van der Waals surface area contributed by atoms with Crippen molar-refractivity contribution >= 4 is 23.4 Å². The van der Waals surface area contributed by atoms with Gasteiger partial charge in [0.15, 0.2) is 0 Å². The first-order chi connectivity index (χ1) is 11.7. The highest BCUT2D eigenvalue weighted by molar-refractivity contribution is 6.11. The first-order valence-electron chi connectivity index (χ1n) is 8.89. The molecule has 2 aliphatic carbocycles. The number of nitrogens with one attached hydrogen (secondary N) is 1. The van der Waals surface area contributed by atoms with Crippen molar-refractivity contribution in [2.45, 2.75) is 69.9 Å². The van der Waals surface area contributed by atoms with Crippen LogP contribution in [0.5, 0.6) is 0 Å². The van der Waals surface area contributed by atoms with Crippen LogP contribution in [0.25, 0.3) is 0 Å². The van der Waals surface area contributed by atoms with Crippen LogP contribution in [0.4, 0.5) is 20.6 Å². The summed E-state index contributed by atoms with van der Waals surface area (Å²) in [4.78, 5) is 26.7. The quantitative estimate of drug-likeness (QED) is 0.877. The normalized spacial score (nSPS) is 21.1. The van der Waals surface area contributed by atoms with Crippen LogP contribution in [0, 0.1) is 5.82 Å². The molecule has 1 aromatic carbocycles. The first kappa shape index (κ1) is 16.4. The van der Waals surface area contributed by atoms with Crippen LogP contribution in [0.2, 0.25) is 0 Å². The lowest BCUT2D eigenvalue weighted by molar-refractivity contribution is -0.121. The Bertz CT molecular complexity index is 761. The Kier molecular flexibility index (Phi) is 3.40. The second-order valence-corrected chi connectivity index (χ2v) is 8.32.